The van der Waals surface area contributed by atoms with Crippen LogP contribution in [0.3, 0.4) is 0 Å². The first-order valence-corrected chi connectivity index (χ1v) is 6.08. The molecule has 6 nitrogen and oxygen atoms in total. The van der Waals surface area contributed by atoms with Gasteiger partial charge in [-0.3, -0.25) is 0 Å². The average Bonchev–Trinajstić information content (AvgIpc) is 2.70. The Hall–Kier alpha value is -2.08. The molecule has 0 unspecified atom stereocenters. The second-order valence-corrected chi connectivity index (χ2v) is 4.45. The summed E-state index contributed by atoms with van der Waals surface area (Å²) in [5.74, 6) is 0.498. The number of anilines is 1. The Morgan fingerprint density at radius 2 is 2.26 bits per heavy atom. The zero-order valence-corrected chi connectivity index (χ0v) is 11.6. The summed E-state index contributed by atoms with van der Waals surface area (Å²) < 4.78 is 1.22. The molecular weight excluding hydrogens is 266 g/mol. The van der Waals surface area contributed by atoms with Crippen molar-refractivity contribution in [2.24, 2.45) is 5.10 Å². The van der Waals surface area contributed by atoms with Crippen molar-refractivity contribution >= 4 is 23.0 Å². The Balaban J connectivity index is 2.53. The maximum absolute atomic E-state index is 11.5. The summed E-state index contributed by atoms with van der Waals surface area (Å²) in [4.78, 5) is 11.5. The number of benzene rings is 1. The molecule has 0 atom stereocenters. The van der Waals surface area contributed by atoms with E-state index in [-0.39, 0.29) is 5.69 Å². The normalized spacial score (nSPS) is 11.7. The van der Waals surface area contributed by atoms with Crippen molar-refractivity contribution in [1.29, 1.82) is 0 Å². The lowest BCUT2D eigenvalue weighted by atomic mass is 10.1. The van der Waals surface area contributed by atoms with Gasteiger partial charge in [0, 0.05) is 23.3 Å². The summed E-state index contributed by atoms with van der Waals surface area (Å²) in [6.07, 6.45) is 0. The highest BCUT2D eigenvalue weighted by molar-refractivity contribution is 6.31. The molecule has 0 spiro atoms. The lowest BCUT2D eigenvalue weighted by molar-refractivity contribution is 0.794. The molecule has 100 valence electrons. The molecule has 2 N–H and O–H groups in total. The zero-order chi connectivity index (χ0) is 14.0. The first-order valence-electron chi connectivity index (χ1n) is 5.70. The van der Waals surface area contributed by atoms with E-state index in [1.165, 1.54) is 4.68 Å². The molecule has 0 aliphatic carbocycles. The summed E-state index contributed by atoms with van der Waals surface area (Å²) in [6.45, 7) is 3.51. The minimum Gasteiger partial charge on any atom is -0.388 e. The highest BCUT2D eigenvalue weighted by Gasteiger charge is 2.08. The summed E-state index contributed by atoms with van der Waals surface area (Å²) in [6, 6.07) is 5.45. The van der Waals surface area contributed by atoms with Gasteiger partial charge in [0.05, 0.1) is 5.71 Å². The Bertz CT molecular complexity index is 686. The number of H-pyrrole nitrogens is 1. The number of aromatic amines is 1. The first-order chi connectivity index (χ1) is 9.02. The SMILES string of the molecule is CNc1ccc(Cl)cc1/C(C)=N\n1c(C)n[nH]c1=O. The van der Waals surface area contributed by atoms with Crippen LogP contribution in [0.25, 0.3) is 0 Å². The third-order valence-electron chi connectivity index (χ3n) is 2.70. The van der Waals surface area contributed by atoms with Gasteiger partial charge in [-0.2, -0.15) is 14.9 Å². The van der Waals surface area contributed by atoms with Crippen LogP contribution in [-0.4, -0.2) is 27.6 Å². The van der Waals surface area contributed by atoms with Crippen molar-refractivity contribution in [1.82, 2.24) is 14.9 Å². The summed E-state index contributed by atoms with van der Waals surface area (Å²) >= 11 is 5.99. The maximum atomic E-state index is 11.5. The van der Waals surface area contributed by atoms with E-state index in [0.717, 1.165) is 11.3 Å². The predicted molar refractivity (Wildman–Crippen MR) is 76.2 cm³/mol. The largest absolute Gasteiger partial charge is 0.388 e. The van der Waals surface area contributed by atoms with E-state index in [2.05, 4.69) is 20.6 Å². The quantitative estimate of drug-likeness (QED) is 0.842. The van der Waals surface area contributed by atoms with Crippen LogP contribution in [0.2, 0.25) is 5.02 Å². The molecule has 0 amide bonds. The molecule has 0 fully saturated rings. The molecule has 0 saturated heterocycles. The van der Waals surface area contributed by atoms with Crippen LogP contribution in [0.15, 0.2) is 28.1 Å². The van der Waals surface area contributed by atoms with Crippen LogP contribution < -0.4 is 11.0 Å². The number of nitrogens with zero attached hydrogens (tertiary/aromatic N) is 3. The van der Waals surface area contributed by atoms with Gasteiger partial charge in [-0.15, -0.1) is 0 Å². The molecule has 0 aliphatic heterocycles. The van der Waals surface area contributed by atoms with Crippen LogP contribution in [0.5, 0.6) is 0 Å². The standard InChI is InChI=1S/C12H14ClN5O/c1-7(17-18-8(2)15-16-12(18)19)10-6-9(13)4-5-11(10)14-3/h4-6,14H,1-3H3,(H,16,19)/b17-7-. The molecule has 7 heteroatoms. The van der Waals surface area contributed by atoms with Crippen LogP contribution in [-0.2, 0) is 0 Å². The molecule has 1 aromatic carbocycles. The molecule has 1 heterocycles. The Labute approximate surface area is 115 Å². The van der Waals surface area contributed by atoms with Gasteiger partial charge in [0.1, 0.15) is 0 Å². The lowest BCUT2D eigenvalue weighted by Crippen LogP contribution is -2.16. The van der Waals surface area contributed by atoms with E-state index in [9.17, 15) is 4.79 Å². The summed E-state index contributed by atoms with van der Waals surface area (Å²) in [5.41, 5.74) is 2.02. The fraction of sp³-hybridized carbons (Fsp3) is 0.250. The van der Waals surface area contributed by atoms with Gasteiger partial charge in [-0.1, -0.05) is 11.6 Å². The zero-order valence-electron chi connectivity index (χ0n) is 10.9. The fourth-order valence-electron chi connectivity index (χ4n) is 1.73. The number of aromatic nitrogens is 3. The second-order valence-electron chi connectivity index (χ2n) is 4.01. The van der Waals surface area contributed by atoms with Gasteiger partial charge in [-0.25, -0.2) is 9.89 Å². The number of halogens is 1. The first kappa shape index (κ1) is 13.4. The van der Waals surface area contributed by atoms with Gasteiger partial charge >= 0.3 is 5.69 Å². The maximum Gasteiger partial charge on any atom is 0.364 e. The third kappa shape index (κ3) is 2.68. The molecule has 19 heavy (non-hydrogen) atoms. The molecule has 1 aromatic heterocycles. The predicted octanol–water partition coefficient (Wildman–Crippen LogP) is 1.85. The summed E-state index contributed by atoms with van der Waals surface area (Å²) in [5, 5.41) is 14.1. The van der Waals surface area contributed by atoms with Crippen LogP contribution >= 0.6 is 11.6 Å². The van der Waals surface area contributed by atoms with E-state index in [0.29, 0.717) is 16.6 Å². The van der Waals surface area contributed by atoms with Gasteiger partial charge in [-0.05, 0) is 32.0 Å². The number of aryl methyl sites for hydroxylation is 1. The Kier molecular flexibility index (Phi) is 3.71. The average molecular weight is 280 g/mol. The molecule has 0 bridgehead atoms. The monoisotopic (exact) mass is 279 g/mol. The summed E-state index contributed by atoms with van der Waals surface area (Å²) in [7, 11) is 1.81. The van der Waals surface area contributed by atoms with Crippen molar-refractivity contribution < 1.29 is 0 Å². The number of hydrogen-bond donors (Lipinski definition) is 2. The van der Waals surface area contributed by atoms with E-state index < -0.39 is 0 Å². The minimum absolute atomic E-state index is 0.370. The molecular formula is C12H14ClN5O. The number of nitrogens with one attached hydrogen (secondary N) is 2. The molecule has 2 aromatic rings. The smallest absolute Gasteiger partial charge is 0.364 e. The van der Waals surface area contributed by atoms with Crippen molar-refractivity contribution in [3.8, 4) is 0 Å². The van der Waals surface area contributed by atoms with Crippen molar-refractivity contribution in [3.63, 3.8) is 0 Å². The van der Waals surface area contributed by atoms with Gasteiger partial charge in [0.25, 0.3) is 0 Å². The fourth-order valence-corrected chi connectivity index (χ4v) is 1.90. The topological polar surface area (TPSA) is 75.1 Å². The minimum atomic E-state index is -0.370. The van der Waals surface area contributed by atoms with Crippen LogP contribution in [0.1, 0.15) is 18.3 Å². The van der Waals surface area contributed by atoms with Crippen molar-refractivity contribution in [3.05, 3.63) is 45.1 Å². The Morgan fingerprint density at radius 1 is 1.53 bits per heavy atom. The van der Waals surface area contributed by atoms with E-state index in [4.69, 9.17) is 11.6 Å². The van der Waals surface area contributed by atoms with E-state index in [1.807, 2.05) is 20.0 Å². The molecule has 0 saturated carbocycles. The van der Waals surface area contributed by atoms with Crippen molar-refractivity contribution in [2.45, 2.75) is 13.8 Å². The Morgan fingerprint density at radius 3 is 2.84 bits per heavy atom. The highest BCUT2D eigenvalue weighted by atomic mass is 35.5. The number of hydrogen-bond acceptors (Lipinski definition) is 4. The van der Waals surface area contributed by atoms with Crippen LogP contribution in [0.4, 0.5) is 5.69 Å². The van der Waals surface area contributed by atoms with Crippen molar-refractivity contribution in [2.75, 3.05) is 12.4 Å². The molecule has 0 radical (unpaired) electrons. The molecule has 2 rings (SSSR count). The lowest BCUT2D eigenvalue weighted by Gasteiger charge is -2.09. The third-order valence-corrected chi connectivity index (χ3v) is 2.94. The van der Waals surface area contributed by atoms with Gasteiger partial charge in [0.2, 0.25) is 0 Å². The number of rotatable bonds is 3. The highest BCUT2D eigenvalue weighted by Crippen LogP contribution is 2.21. The van der Waals surface area contributed by atoms with Crippen LogP contribution in [0, 0.1) is 6.92 Å². The van der Waals surface area contributed by atoms with Gasteiger partial charge in [0.15, 0.2) is 5.82 Å². The van der Waals surface area contributed by atoms with E-state index in [1.54, 1.807) is 19.1 Å². The van der Waals surface area contributed by atoms with Gasteiger partial charge < -0.3 is 5.32 Å². The second kappa shape index (κ2) is 5.27. The van der Waals surface area contributed by atoms with E-state index >= 15 is 0 Å². The molecule has 0 aliphatic rings.